The van der Waals surface area contributed by atoms with E-state index in [0.717, 1.165) is 5.56 Å². The lowest BCUT2D eigenvalue weighted by atomic mass is 10.1. The summed E-state index contributed by atoms with van der Waals surface area (Å²) < 4.78 is 0. The molecular weight excluding hydrogens is 514 g/mol. The van der Waals surface area contributed by atoms with Gasteiger partial charge in [0, 0.05) is 30.7 Å². The van der Waals surface area contributed by atoms with Gasteiger partial charge in [-0.2, -0.15) is 0 Å². The van der Waals surface area contributed by atoms with Crippen LogP contribution in [0.25, 0.3) is 0 Å². The number of carboxylic acid groups (broad SMARTS) is 1. The molecule has 1 heterocycles. The van der Waals surface area contributed by atoms with Crippen molar-refractivity contribution < 1.29 is 29.1 Å². The molecule has 0 aromatic heterocycles. The van der Waals surface area contributed by atoms with E-state index in [9.17, 15) is 24.0 Å². The Morgan fingerprint density at radius 3 is 2.30 bits per heavy atom. The van der Waals surface area contributed by atoms with E-state index in [2.05, 4.69) is 16.0 Å². The van der Waals surface area contributed by atoms with Gasteiger partial charge < -0.3 is 30.9 Å². The van der Waals surface area contributed by atoms with Crippen LogP contribution in [0.2, 0.25) is 0 Å². The SMILES string of the molecule is Cc1ccccc1NC(=O)Nc1ccc(CC(=O)Nc2ccc3c(c2)C(=O)N(C)CC(=O)N3CCC(=O)O)cc1. The minimum Gasteiger partial charge on any atom is -0.481 e. The van der Waals surface area contributed by atoms with Gasteiger partial charge in [-0.05, 0) is 54.4 Å². The van der Waals surface area contributed by atoms with Gasteiger partial charge in [-0.3, -0.25) is 19.2 Å². The van der Waals surface area contributed by atoms with Gasteiger partial charge in [-0.15, -0.1) is 0 Å². The van der Waals surface area contributed by atoms with E-state index in [-0.39, 0.29) is 43.4 Å². The van der Waals surface area contributed by atoms with E-state index in [1.54, 1.807) is 30.3 Å². The summed E-state index contributed by atoms with van der Waals surface area (Å²) >= 11 is 0. The molecular formula is C29H29N5O6. The third-order valence-electron chi connectivity index (χ3n) is 6.34. The fraction of sp³-hybridized carbons (Fsp3) is 0.207. The number of fused-ring (bicyclic) bond motifs is 1. The molecule has 0 bridgehead atoms. The molecule has 4 N–H and O–H groups in total. The molecule has 0 saturated heterocycles. The van der Waals surface area contributed by atoms with E-state index in [1.165, 1.54) is 29.0 Å². The number of likely N-dealkylation sites (N-methyl/N-ethyl adjacent to an activating group) is 1. The van der Waals surface area contributed by atoms with Crippen LogP contribution in [0.15, 0.2) is 66.7 Å². The van der Waals surface area contributed by atoms with E-state index in [0.29, 0.717) is 28.3 Å². The van der Waals surface area contributed by atoms with Gasteiger partial charge in [0.05, 0.1) is 24.1 Å². The number of nitrogens with one attached hydrogen (secondary N) is 3. The Balaban J connectivity index is 1.39. The van der Waals surface area contributed by atoms with Crippen LogP contribution in [-0.2, 0) is 20.8 Å². The number of amides is 5. The summed E-state index contributed by atoms with van der Waals surface area (Å²) in [5.74, 6) is -2.19. The number of benzene rings is 3. The topological polar surface area (TPSA) is 148 Å². The molecule has 3 aromatic carbocycles. The van der Waals surface area contributed by atoms with Gasteiger partial charge in [0.1, 0.15) is 6.54 Å². The van der Waals surface area contributed by atoms with Crippen LogP contribution >= 0.6 is 0 Å². The van der Waals surface area contributed by atoms with Crippen molar-refractivity contribution in [1.82, 2.24) is 4.90 Å². The van der Waals surface area contributed by atoms with E-state index < -0.39 is 17.8 Å². The third kappa shape index (κ3) is 6.81. The second kappa shape index (κ2) is 12.1. The molecule has 3 aromatic rings. The number of rotatable bonds is 8. The number of carbonyl (C=O) groups excluding carboxylic acids is 4. The van der Waals surface area contributed by atoms with Crippen LogP contribution < -0.4 is 20.9 Å². The van der Waals surface area contributed by atoms with E-state index in [1.807, 2.05) is 31.2 Å². The van der Waals surface area contributed by atoms with Gasteiger partial charge in [-0.25, -0.2) is 4.79 Å². The Bertz CT molecular complexity index is 1470. The average molecular weight is 544 g/mol. The summed E-state index contributed by atoms with van der Waals surface area (Å²) in [6.45, 7) is 1.63. The predicted molar refractivity (Wildman–Crippen MR) is 151 cm³/mol. The maximum atomic E-state index is 12.9. The zero-order valence-corrected chi connectivity index (χ0v) is 22.1. The summed E-state index contributed by atoms with van der Waals surface area (Å²) in [4.78, 5) is 64.2. The average Bonchev–Trinajstić information content (AvgIpc) is 2.99. The molecule has 11 nitrogen and oxygen atoms in total. The Hall–Kier alpha value is -5.19. The van der Waals surface area contributed by atoms with E-state index >= 15 is 0 Å². The number of nitrogens with zero attached hydrogens (tertiary/aromatic N) is 2. The third-order valence-corrected chi connectivity index (χ3v) is 6.34. The number of hydrogen-bond donors (Lipinski definition) is 4. The fourth-order valence-electron chi connectivity index (χ4n) is 4.27. The molecule has 40 heavy (non-hydrogen) atoms. The number of para-hydroxylation sites is 1. The van der Waals surface area contributed by atoms with Crippen molar-refractivity contribution in [3.05, 3.63) is 83.4 Å². The quantitative estimate of drug-likeness (QED) is 0.340. The van der Waals surface area contributed by atoms with Crippen molar-refractivity contribution in [3.8, 4) is 0 Å². The van der Waals surface area contributed by atoms with Crippen LogP contribution in [0.3, 0.4) is 0 Å². The zero-order valence-electron chi connectivity index (χ0n) is 22.1. The minimum atomic E-state index is -1.06. The Labute approximate surface area is 230 Å². The molecule has 1 aliphatic heterocycles. The van der Waals surface area contributed by atoms with Crippen LogP contribution in [-0.4, -0.2) is 59.9 Å². The first-order valence-electron chi connectivity index (χ1n) is 12.5. The molecule has 0 spiro atoms. The van der Waals surface area contributed by atoms with E-state index in [4.69, 9.17) is 5.11 Å². The monoisotopic (exact) mass is 543 g/mol. The van der Waals surface area contributed by atoms with Gasteiger partial charge in [-0.1, -0.05) is 30.3 Å². The standard InChI is InChI=1S/C29H29N5O6/c1-18-5-3-4-6-23(18)32-29(40)31-20-9-7-19(8-10-20)15-25(35)30-21-11-12-24-22(16-21)28(39)33(2)17-26(36)34(24)14-13-27(37)38/h3-12,16H,13-15,17H2,1-2H3,(H,30,35)(H,37,38)(H2,31,32,40). The maximum absolute atomic E-state index is 12.9. The van der Waals surface area contributed by atoms with Crippen molar-refractivity contribution in [2.75, 3.05) is 41.0 Å². The van der Waals surface area contributed by atoms with Crippen molar-refractivity contribution in [2.45, 2.75) is 19.8 Å². The van der Waals surface area contributed by atoms with Crippen molar-refractivity contribution in [3.63, 3.8) is 0 Å². The highest BCUT2D eigenvalue weighted by Crippen LogP contribution is 2.29. The second-order valence-corrected chi connectivity index (χ2v) is 9.40. The number of urea groups is 1. The molecule has 0 atom stereocenters. The molecule has 0 aliphatic carbocycles. The molecule has 0 radical (unpaired) electrons. The Morgan fingerprint density at radius 2 is 1.60 bits per heavy atom. The summed E-state index contributed by atoms with van der Waals surface area (Å²) in [5, 5.41) is 17.4. The molecule has 4 rings (SSSR count). The molecule has 1 aliphatic rings. The van der Waals surface area contributed by atoms with Crippen LogP contribution in [0, 0.1) is 6.92 Å². The molecule has 0 saturated carbocycles. The number of aryl methyl sites for hydroxylation is 1. The Kier molecular flexibility index (Phi) is 8.43. The summed E-state index contributed by atoms with van der Waals surface area (Å²) in [7, 11) is 1.49. The second-order valence-electron chi connectivity index (χ2n) is 9.40. The lowest BCUT2D eigenvalue weighted by Gasteiger charge is -2.22. The molecule has 206 valence electrons. The highest BCUT2D eigenvalue weighted by Gasteiger charge is 2.30. The Morgan fingerprint density at radius 1 is 0.900 bits per heavy atom. The maximum Gasteiger partial charge on any atom is 0.323 e. The highest BCUT2D eigenvalue weighted by molar-refractivity contribution is 6.10. The van der Waals surface area contributed by atoms with Crippen LogP contribution in [0.4, 0.5) is 27.5 Å². The van der Waals surface area contributed by atoms with Crippen molar-refractivity contribution in [1.29, 1.82) is 0 Å². The summed E-state index contributed by atoms with van der Waals surface area (Å²) in [6.07, 6.45) is -0.225. The molecule has 0 unspecified atom stereocenters. The largest absolute Gasteiger partial charge is 0.481 e. The highest BCUT2D eigenvalue weighted by atomic mass is 16.4. The number of carbonyl (C=O) groups is 5. The first-order valence-corrected chi connectivity index (χ1v) is 12.5. The van der Waals surface area contributed by atoms with Gasteiger partial charge >= 0.3 is 12.0 Å². The number of anilines is 4. The van der Waals surface area contributed by atoms with Crippen LogP contribution in [0.5, 0.6) is 0 Å². The van der Waals surface area contributed by atoms with Crippen molar-refractivity contribution >= 4 is 52.5 Å². The molecule has 5 amide bonds. The lowest BCUT2D eigenvalue weighted by Crippen LogP contribution is -2.38. The fourth-order valence-corrected chi connectivity index (χ4v) is 4.27. The normalized spacial score (nSPS) is 12.8. The van der Waals surface area contributed by atoms with Gasteiger partial charge in [0.15, 0.2) is 0 Å². The lowest BCUT2D eigenvalue weighted by molar-refractivity contribution is -0.136. The summed E-state index contributed by atoms with van der Waals surface area (Å²) in [6, 6.07) is 18.5. The van der Waals surface area contributed by atoms with Crippen molar-refractivity contribution in [2.24, 2.45) is 0 Å². The molecule has 0 fully saturated rings. The number of carboxylic acids is 1. The number of hydrogen-bond acceptors (Lipinski definition) is 5. The zero-order chi connectivity index (χ0) is 28.8. The smallest absolute Gasteiger partial charge is 0.323 e. The number of aliphatic carboxylic acids is 1. The van der Waals surface area contributed by atoms with Gasteiger partial charge in [0.2, 0.25) is 11.8 Å². The minimum absolute atomic E-state index is 0.0455. The van der Waals surface area contributed by atoms with Crippen LogP contribution in [0.1, 0.15) is 27.9 Å². The molecule has 11 heteroatoms. The van der Waals surface area contributed by atoms with Gasteiger partial charge in [0.25, 0.3) is 5.91 Å². The first kappa shape index (κ1) is 27.8. The predicted octanol–water partition coefficient (Wildman–Crippen LogP) is 3.71. The first-order chi connectivity index (χ1) is 19.1. The summed E-state index contributed by atoms with van der Waals surface area (Å²) in [5.41, 5.74) is 3.77.